The van der Waals surface area contributed by atoms with Crippen LogP contribution in [0.3, 0.4) is 0 Å². The minimum absolute atomic E-state index is 0.0771. The number of amides is 1. The van der Waals surface area contributed by atoms with Crippen molar-refractivity contribution in [2.24, 2.45) is 5.92 Å². The van der Waals surface area contributed by atoms with Gasteiger partial charge in [0.15, 0.2) is 0 Å². The summed E-state index contributed by atoms with van der Waals surface area (Å²) in [7, 11) is 4.34. The van der Waals surface area contributed by atoms with Gasteiger partial charge in [-0.05, 0) is 45.3 Å². The summed E-state index contributed by atoms with van der Waals surface area (Å²) in [6, 6.07) is 10.8. The van der Waals surface area contributed by atoms with Gasteiger partial charge in [-0.15, -0.1) is 0 Å². The summed E-state index contributed by atoms with van der Waals surface area (Å²) >= 11 is 0. The molecule has 3 nitrogen and oxygen atoms in total. The van der Waals surface area contributed by atoms with Crippen LogP contribution in [0.1, 0.15) is 44.1 Å². The normalized spacial score (nSPS) is 22.2. The number of hydrogen-bond acceptors (Lipinski definition) is 2. The van der Waals surface area contributed by atoms with E-state index in [4.69, 9.17) is 0 Å². The van der Waals surface area contributed by atoms with Gasteiger partial charge in [-0.2, -0.15) is 0 Å². The number of hydrogen-bond donors (Lipinski definition) is 0. The lowest BCUT2D eigenvalue weighted by Gasteiger charge is -2.47. The summed E-state index contributed by atoms with van der Waals surface area (Å²) in [5.74, 6) is 0.724. The summed E-state index contributed by atoms with van der Waals surface area (Å²) in [5, 5.41) is 0. The Bertz CT molecular complexity index is 497. The first-order valence-corrected chi connectivity index (χ1v) is 8.65. The van der Waals surface area contributed by atoms with Gasteiger partial charge < -0.3 is 4.90 Å². The molecule has 1 saturated heterocycles. The monoisotopic (exact) mass is 300 g/mol. The summed E-state index contributed by atoms with van der Waals surface area (Å²) in [6.45, 7) is 1.78. The third-order valence-electron chi connectivity index (χ3n) is 5.77. The van der Waals surface area contributed by atoms with E-state index in [0.29, 0.717) is 11.8 Å². The Morgan fingerprint density at radius 1 is 1.09 bits per heavy atom. The number of carbonyl (C=O) groups excluding carboxylic acids is 1. The highest BCUT2D eigenvalue weighted by molar-refractivity contribution is 5.79. The predicted molar refractivity (Wildman–Crippen MR) is 89.6 cm³/mol. The molecule has 1 aliphatic heterocycles. The number of carbonyl (C=O) groups is 1. The SMILES string of the molecule is CN(C)C1(c2ccccc2)CCN(C(=O)C2CCCC2)CC1. The second-order valence-electron chi connectivity index (χ2n) is 7.10. The first-order valence-electron chi connectivity index (χ1n) is 8.65. The minimum Gasteiger partial charge on any atom is -0.342 e. The van der Waals surface area contributed by atoms with Crippen LogP contribution in [0.4, 0.5) is 0 Å². The first kappa shape index (κ1) is 15.5. The lowest BCUT2D eigenvalue weighted by atomic mass is 9.79. The molecule has 0 aromatic heterocycles. The Kier molecular flexibility index (Phi) is 4.53. The van der Waals surface area contributed by atoms with E-state index in [-0.39, 0.29) is 5.54 Å². The maximum atomic E-state index is 12.6. The molecule has 3 rings (SSSR count). The second kappa shape index (κ2) is 6.41. The Morgan fingerprint density at radius 3 is 2.23 bits per heavy atom. The molecule has 120 valence electrons. The van der Waals surface area contributed by atoms with E-state index in [1.807, 2.05) is 0 Å². The molecule has 1 saturated carbocycles. The van der Waals surface area contributed by atoms with E-state index in [1.54, 1.807) is 0 Å². The predicted octanol–water partition coefficient (Wildman–Crippen LogP) is 3.26. The van der Waals surface area contributed by atoms with Crippen LogP contribution in [0.15, 0.2) is 30.3 Å². The average Bonchev–Trinajstić information content (AvgIpc) is 3.09. The van der Waals surface area contributed by atoms with E-state index in [9.17, 15) is 4.79 Å². The van der Waals surface area contributed by atoms with Crippen molar-refractivity contribution in [2.45, 2.75) is 44.1 Å². The van der Waals surface area contributed by atoms with E-state index in [0.717, 1.165) is 38.8 Å². The fourth-order valence-electron chi connectivity index (χ4n) is 4.27. The van der Waals surface area contributed by atoms with Crippen molar-refractivity contribution in [1.29, 1.82) is 0 Å². The molecule has 2 aliphatic rings. The smallest absolute Gasteiger partial charge is 0.225 e. The van der Waals surface area contributed by atoms with Crippen molar-refractivity contribution in [3.8, 4) is 0 Å². The molecular weight excluding hydrogens is 272 g/mol. The molecule has 1 aromatic rings. The molecule has 22 heavy (non-hydrogen) atoms. The van der Waals surface area contributed by atoms with Gasteiger partial charge in [0, 0.05) is 24.5 Å². The molecule has 0 N–H and O–H groups in total. The van der Waals surface area contributed by atoms with Crippen LogP contribution >= 0.6 is 0 Å². The third kappa shape index (κ3) is 2.79. The molecule has 0 radical (unpaired) electrons. The molecule has 1 amide bonds. The molecule has 0 bridgehead atoms. The summed E-state index contributed by atoms with van der Waals surface area (Å²) in [4.78, 5) is 17.1. The molecule has 0 atom stereocenters. The molecule has 1 aliphatic carbocycles. The summed E-state index contributed by atoms with van der Waals surface area (Å²) in [5.41, 5.74) is 1.46. The lowest BCUT2D eigenvalue weighted by Crippen LogP contribution is -2.52. The second-order valence-corrected chi connectivity index (χ2v) is 7.10. The highest BCUT2D eigenvalue weighted by Gasteiger charge is 2.40. The molecule has 0 spiro atoms. The van der Waals surface area contributed by atoms with Crippen molar-refractivity contribution in [2.75, 3.05) is 27.2 Å². The van der Waals surface area contributed by atoms with Crippen molar-refractivity contribution in [3.05, 3.63) is 35.9 Å². The molecule has 2 fully saturated rings. The van der Waals surface area contributed by atoms with Crippen LogP contribution < -0.4 is 0 Å². The Labute approximate surface area is 134 Å². The number of piperidine rings is 1. The van der Waals surface area contributed by atoms with Crippen LogP contribution in [-0.2, 0) is 10.3 Å². The standard InChI is InChI=1S/C19H28N2O/c1-20(2)19(17-10-4-3-5-11-17)12-14-21(15-13-19)18(22)16-8-6-7-9-16/h3-5,10-11,16H,6-9,12-15H2,1-2H3. The number of rotatable bonds is 3. The number of likely N-dealkylation sites (tertiary alicyclic amines) is 1. The minimum atomic E-state index is 0.0771. The average molecular weight is 300 g/mol. The zero-order valence-corrected chi connectivity index (χ0v) is 13.9. The maximum absolute atomic E-state index is 12.6. The number of benzene rings is 1. The molecular formula is C19H28N2O. The molecule has 1 aromatic carbocycles. The quantitative estimate of drug-likeness (QED) is 0.855. The van der Waals surface area contributed by atoms with Gasteiger partial charge >= 0.3 is 0 Å². The van der Waals surface area contributed by atoms with Crippen LogP contribution in [-0.4, -0.2) is 42.9 Å². The fraction of sp³-hybridized carbons (Fsp3) is 0.632. The van der Waals surface area contributed by atoms with Gasteiger partial charge in [-0.25, -0.2) is 0 Å². The van der Waals surface area contributed by atoms with E-state index in [2.05, 4.69) is 54.2 Å². The summed E-state index contributed by atoms with van der Waals surface area (Å²) < 4.78 is 0. The van der Waals surface area contributed by atoms with Gasteiger partial charge in [0.2, 0.25) is 5.91 Å². The van der Waals surface area contributed by atoms with Crippen molar-refractivity contribution in [3.63, 3.8) is 0 Å². The fourth-order valence-corrected chi connectivity index (χ4v) is 4.27. The zero-order valence-electron chi connectivity index (χ0n) is 13.9. The van der Waals surface area contributed by atoms with Gasteiger partial charge in [0.25, 0.3) is 0 Å². The van der Waals surface area contributed by atoms with E-state index < -0.39 is 0 Å². The van der Waals surface area contributed by atoms with Crippen LogP contribution in [0.5, 0.6) is 0 Å². The Hall–Kier alpha value is -1.35. The highest BCUT2D eigenvalue weighted by atomic mass is 16.2. The third-order valence-corrected chi connectivity index (χ3v) is 5.77. The zero-order chi connectivity index (χ0) is 15.6. The van der Waals surface area contributed by atoms with Crippen molar-refractivity contribution in [1.82, 2.24) is 9.80 Å². The molecule has 1 heterocycles. The van der Waals surface area contributed by atoms with Crippen LogP contribution in [0.25, 0.3) is 0 Å². The molecule has 0 unspecified atom stereocenters. The Balaban J connectivity index is 1.72. The van der Waals surface area contributed by atoms with E-state index >= 15 is 0 Å². The van der Waals surface area contributed by atoms with Crippen LogP contribution in [0.2, 0.25) is 0 Å². The highest BCUT2D eigenvalue weighted by Crippen LogP contribution is 2.38. The first-order chi connectivity index (χ1) is 10.6. The van der Waals surface area contributed by atoms with Crippen molar-refractivity contribution >= 4 is 5.91 Å². The van der Waals surface area contributed by atoms with Gasteiger partial charge in [-0.1, -0.05) is 43.2 Å². The van der Waals surface area contributed by atoms with Gasteiger partial charge in [0.1, 0.15) is 0 Å². The van der Waals surface area contributed by atoms with E-state index in [1.165, 1.54) is 18.4 Å². The van der Waals surface area contributed by atoms with Crippen molar-refractivity contribution < 1.29 is 4.79 Å². The number of nitrogens with zero attached hydrogens (tertiary/aromatic N) is 2. The maximum Gasteiger partial charge on any atom is 0.225 e. The largest absolute Gasteiger partial charge is 0.342 e. The lowest BCUT2D eigenvalue weighted by molar-refractivity contribution is -0.138. The summed E-state index contributed by atoms with van der Waals surface area (Å²) in [6.07, 6.45) is 6.73. The topological polar surface area (TPSA) is 23.6 Å². The van der Waals surface area contributed by atoms with Crippen LogP contribution in [0, 0.1) is 5.92 Å². The van der Waals surface area contributed by atoms with Gasteiger partial charge in [-0.3, -0.25) is 9.69 Å². The Morgan fingerprint density at radius 2 is 1.68 bits per heavy atom. The van der Waals surface area contributed by atoms with Gasteiger partial charge in [0.05, 0.1) is 0 Å². The molecule has 3 heteroatoms.